The number of carbonyl (C=O) groups excluding carboxylic acids is 2. The summed E-state index contributed by atoms with van der Waals surface area (Å²) in [5.41, 5.74) is 1.12. The summed E-state index contributed by atoms with van der Waals surface area (Å²) in [7, 11) is 0. The van der Waals surface area contributed by atoms with Crippen molar-refractivity contribution in [1.29, 1.82) is 0 Å². The van der Waals surface area contributed by atoms with Crippen LogP contribution in [0.15, 0.2) is 22.7 Å². The third-order valence-corrected chi connectivity index (χ3v) is 4.89. The Balaban J connectivity index is 2.41. The van der Waals surface area contributed by atoms with Gasteiger partial charge in [0.15, 0.2) is 0 Å². The fourth-order valence-corrected chi connectivity index (χ4v) is 2.44. The summed E-state index contributed by atoms with van der Waals surface area (Å²) in [4.78, 5) is 25.5. The van der Waals surface area contributed by atoms with E-state index in [1.165, 1.54) is 0 Å². The number of ketones is 1. The topological polar surface area (TPSA) is 37.4 Å². The number of carbonyl (C=O) groups is 2. The minimum Gasteiger partial charge on any atom is -0.304 e. The van der Waals surface area contributed by atoms with Crippen molar-refractivity contribution in [3.8, 4) is 0 Å². The fraction of sp³-hybridized carbons (Fsp3) is 0.385. The van der Waals surface area contributed by atoms with E-state index in [0.717, 1.165) is 9.80 Å². The Bertz CT molecular complexity index is 526. The normalized spacial score (nSPS) is 15.2. The molecule has 0 fully saturated rings. The van der Waals surface area contributed by atoms with Crippen LogP contribution in [0.3, 0.4) is 0 Å². The summed E-state index contributed by atoms with van der Waals surface area (Å²) < 4.78 is 0.809. The molecule has 0 atom stereocenters. The predicted molar refractivity (Wildman–Crippen MR) is 78.4 cm³/mol. The molecule has 2 rings (SSSR count). The summed E-state index contributed by atoms with van der Waals surface area (Å²) in [5.74, 6) is -0.853. The number of hydrogen-bond acceptors (Lipinski definition) is 2. The number of hydrogen-bond donors (Lipinski definition) is 0. The Morgan fingerprint density at radius 1 is 1.28 bits per heavy atom. The lowest BCUT2D eigenvalue weighted by Gasteiger charge is -2.28. The van der Waals surface area contributed by atoms with Gasteiger partial charge in [0.1, 0.15) is 0 Å². The van der Waals surface area contributed by atoms with Gasteiger partial charge in [-0.15, -0.1) is 0 Å². The number of benzene rings is 1. The van der Waals surface area contributed by atoms with E-state index < -0.39 is 11.7 Å². The molecule has 0 unspecified atom stereocenters. The number of halogens is 2. The molecule has 1 aromatic carbocycles. The summed E-state index contributed by atoms with van der Waals surface area (Å²) in [6, 6.07) is 5.36. The number of amides is 1. The molecule has 1 aromatic rings. The van der Waals surface area contributed by atoms with E-state index in [4.69, 9.17) is 0 Å². The van der Waals surface area contributed by atoms with E-state index in [1.807, 2.05) is 12.1 Å². The molecule has 1 aliphatic heterocycles. The van der Waals surface area contributed by atoms with E-state index in [9.17, 15) is 9.59 Å². The molecular formula is C13H13Br2NO2. The van der Waals surface area contributed by atoms with Crippen LogP contribution in [-0.2, 0) is 4.79 Å². The van der Waals surface area contributed by atoms with Crippen molar-refractivity contribution in [3.05, 3.63) is 28.2 Å². The number of rotatable bonds is 3. The highest BCUT2D eigenvalue weighted by atomic mass is 79.9. The Labute approximate surface area is 123 Å². The van der Waals surface area contributed by atoms with E-state index in [-0.39, 0.29) is 5.41 Å². The quantitative estimate of drug-likeness (QED) is 0.600. The monoisotopic (exact) mass is 373 g/mol. The van der Waals surface area contributed by atoms with Gasteiger partial charge in [0.25, 0.3) is 11.7 Å². The maximum atomic E-state index is 12.0. The first-order chi connectivity index (χ1) is 8.35. The third-order valence-electron chi connectivity index (χ3n) is 2.88. The minimum atomic E-state index is -0.433. The van der Waals surface area contributed by atoms with Crippen molar-refractivity contribution in [2.45, 2.75) is 13.8 Å². The third kappa shape index (κ3) is 2.38. The van der Waals surface area contributed by atoms with Gasteiger partial charge in [-0.2, -0.15) is 0 Å². The molecule has 5 heteroatoms. The van der Waals surface area contributed by atoms with Gasteiger partial charge in [-0.25, -0.2) is 0 Å². The number of nitrogens with zero attached hydrogens (tertiary/aromatic N) is 1. The minimum absolute atomic E-state index is 0.0787. The molecule has 0 radical (unpaired) electrons. The van der Waals surface area contributed by atoms with Gasteiger partial charge in [-0.3, -0.25) is 9.59 Å². The highest BCUT2D eigenvalue weighted by molar-refractivity contribution is 9.10. The molecule has 96 valence electrons. The standard InChI is InChI=1S/C13H13Br2NO2/c1-13(2,6-14)7-16-10-4-3-8(15)5-9(10)11(17)12(16)18/h3-5H,6-7H2,1-2H3. The van der Waals surface area contributed by atoms with Crippen LogP contribution in [0.25, 0.3) is 0 Å². The Kier molecular flexibility index (Phi) is 3.65. The zero-order valence-corrected chi connectivity index (χ0v) is 13.3. The number of Topliss-reactive ketones (excluding diaryl/α,β-unsaturated/α-hetero) is 1. The van der Waals surface area contributed by atoms with Crippen molar-refractivity contribution in [3.63, 3.8) is 0 Å². The van der Waals surface area contributed by atoms with Gasteiger partial charge in [0.2, 0.25) is 0 Å². The molecule has 0 saturated heterocycles. The van der Waals surface area contributed by atoms with Crippen LogP contribution in [0.5, 0.6) is 0 Å². The second-order valence-electron chi connectivity index (χ2n) is 5.18. The molecular weight excluding hydrogens is 362 g/mol. The molecule has 1 amide bonds. The van der Waals surface area contributed by atoms with Crippen LogP contribution in [0.4, 0.5) is 5.69 Å². The lowest BCUT2D eigenvalue weighted by atomic mass is 9.96. The summed E-state index contributed by atoms with van der Waals surface area (Å²) >= 11 is 6.75. The van der Waals surface area contributed by atoms with Crippen molar-refractivity contribution in [2.75, 3.05) is 16.8 Å². The maximum Gasteiger partial charge on any atom is 0.299 e. The second kappa shape index (κ2) is 4.78. The molecule has 18 heavy (non-hydrogen) atoms. The van der Waals surface area contributed by atoms with E-state index in [1.54, 1.807) is 11.0 Å². The second-order valence-corrected chi connectivity index (χ2v) is 6.66. The fourth-order valence-electron chi connectivity index (χ4n) is 1.90. The van der Waals surface area contributed by atoms with Crippen molar-refractivity contribution < 1.29 is 9.59 Å². The van der Waals surface area contributed by atoms with E-state index >= 15 is 0 Å². The number of fused-ring (bicyclic) bond motifs is 1. The molecule has 0 N–H and O–H groups in total. The van der Waals surface area contributed by atoms with Crippen molar-refractivity contribution >= 4 is 49.2 Å². The number of alkyl halides is 1. The van der Waals surface area contributed by atoms with Gasteiger partial charge in [-0.05, 0) is 23.6 Å². The SMILES string of the molecule is CC(C)(CBr)CN1C(=O)C(=O)c2cc(Br)ccc21. The largest absolute Gasteiger partial charge is 0.304 e. The lowest BCUT2D eigenvalue weighted by Crippen LogP contribution is -2.38. The maximum absolute atomic E-state index is 12.0. The predicted octanol–water partition coefficient (Wildman–Crippen LogP) is 3.40. The van der Waals surface area contributed by atoms with Crippen LogP contribution in [-0.4, -0.2) is 23.6 Å². The Morgan fingerprint density at radius 2 is 1.94 bits per heavy atom. The smallest absolute Gasteiger partial charge is 0.299 e. The molecule has 0 saturated carbocycles. The molecule has 0 spiro atoms. The molecule has 0 bridgehead atoms. The first kappa shape index (κ1) is 13.7. The van der Waals surface area contributed by atoms with E-state index in [0.29, 0.717) is 17.8 Å². The zero-order valence-electron chi connectivity index (χ0n) is 10.2. The van der Waals surface area contributed by atoms with Gasteiger partial charge in [0, 0.05) is 16.3 Å². The van der Waals surface area contributed by atoms with Gasteiger partial charge in [0.05, 0.1) is 11.3 Å². The first-order valence-corrected chi connectivity index (χ1v) is 7.49. The first-order valence-electron chi connectivity index (χ1n) is 5.57. The van der Waals surface area contributed by atoms with Gasteiger partial charge >= 0.3 is 0 Å². The van der Waals surface area contributed by atoms with Crippen molar-refractivity contribution in [2.24, 2.45) is 5.41 Å². The molecule has 0 aromatic heterocycles. The summed E-state index contributed by atoms with van der Waals surface area (Å²) in [6.45, 7) is 4.63. The van der Waals surface area contributed by atoms with Gasteiger partial charge in [-0.1, -0.05) is 45.7 Å². The molecule has 1 heterocycles. The Morgan fingerprint density at radius 3 is 2.56 bits per heavy atom. The highest BCUT2D eigenvalue weighted by Crippen LogP contribution is 2.34. The van der Waals surface area contributed by atoms with Crippen LogP contribution in [0.1, 0.15) is 24.2 Å². The summed E-state index contributed by atoms with van der Waals surface area (Å²) in [6.07, 6.45) is 0. The summed E-state index contributed by atoms with van der Waals surface area (Å²) in [5, 5.41) is 0.768. The lowest BCUT2D eigenvalue weighted by molar-refractivity contribution is -0.114. The molecule has 3 nitrogen and oxygen atoms in total. The average molecular weight is 375 g/mol. The van der Waals surface area contributed by atoms with Crippen LogP contribution in [0.2, 0.25) is 0 Å². The average Bonchev–Trinajstić information content (AvgIpc) is 2.54. The van der Waals surface area contributed by atoms with Crippen LogP contribution in [0, 0.1) is 5.41 Å². The van der Waals surface area contributed by atoms with Crippen molar-refractivity contribution in [1.82, 2.24) is 0 Å². The van der Waals surface area contributed by atoms with Crippen LogP contribution < -0.4 is 4.90 Å². The zero-order chi connectivity index (χ0) is 13.5. The van der Waals surface area contributed by atoms with E-state index in [2.05, 4.69) is 45.7 Å². The molecule has 0 aliphatic carbocycles. The van der Waals surface area contributed by atoms with Crippen LogP contribution >= 0.6 is 31.9 Å². The highest BCUT2D eigenvalue weighted by Gasteiger charge is 2.38. The number of anilines is 1. The van der Waals surface area contributed by atoms with Gasteiger partial charge < -0.3 is 4.90 Å². The molecule has 1 aliphatic rings. The Hall–Kier alpha value is -0.680.